The number of ketones is 1. The van der Waals surface area contributed by atoms with Crippen LogP contribution in [0, 0.1) is 11.3 Å². The molecule has 9 heteroatoms. The first-order chi connectivity index (χ1) is 19.8. The van der Waals surface area contributed by atoms with Gasteiger partial charge < -0.3 is 9.64 Å². The minimum absolute atomic E-state index is 0.000947. The van der Waals surface area contributed by atoms with Crippen molar-refractivity contribution in [2.24, 2.45) is 0 Å². The molecule has 0 fully saturated rings. The highest BCUT2D eigenvalue weighted by Gasteiger charge is 2.32. The topological polar surface area (TPSA) is 97.3 Å². The molecule has 0 unspecified atom stereocenters. The molecular formula is C32H29BrN4O4. The number of benzene rings is 3. The van der Waals surface area contributed by atoms with Gasteiger partial charge in [-0.15, -0.1) is 0 Å². The Morgan fingerprint density at radius 2 is 1.76 bits per heavy atom. The second kappa shape index (κ2) is 12.0. The van der Waals surface area contributed by atoms with Gasteiger partial charge >= 0.3 is 5.69 Å². The highest BCUT2D eigenvalue weighted by molar-refractivity contribution is 9.10. The molecule has 0 saturated carbocycles. The summed E-state index contributed by atoms with van der Waals surface area (Å²) in [6.45, 7) is 4.52. The summed E-state index contributed by atoms with van der Waals surface area (Å²) in [5.74, 6) is 0.228. The van der Waals surface area contributed by atoms with E-state index in [0.717, 1.165) is 5.56 Å². The molecule has 0 atom stereocenters. The summed E-state index contributed by atoms with van der Waals surface area (Å²) >= 11 is 3.33. The summed E-state index contributed by atoms with van der Waals surface area (Å²) in [4.78, 5) is 42.7. The lowest BCUT2D eigenvalue weighted by Crippen LogP contribution is -2.41. The van der Waals surface area contributed by atoms with E-state index >= 15 is 0 Å². The van der Waals surface area contributed by atoms with Crippen LogP contribution in [0.15, 0.2) is 82.1 Å². The molecule has 3 aromatic carbocycles. The van der Waals surface area contributed by atoms with Crippen molar-refractivity contribution >= 4 is 27.6 Å². The van der Waals surface area contributed by atoms with Crippen LogP contribution < -0.4 is 10.4 Å². The monoisotopic (exact) mass is 612 g/mol. The zero-order valence-electron chi connectivity index (χ0n) is 22.8. The number of amides is 1. The summed E-state index contributed by atoms with van der Waals surface area (Å²) < 4.78 is 9.43. The second-order valence-corrected chi connectivity index (χ2v) is 11.0. The van der Waals surface area contributed by atoms with E-state index in [1.54, 1.807) is 51.9 Å². The molecule has 0 aliphatic carbocycles. The number of nitrogens with zero attached hydrogens (tertiary/aromatic N) is 4. The number of halogens is 1. The standard InChI is InChI=1S/C32H29BrN4O4/c1-21(2)41-26-12-10-25(11-13-26)37-30(29(38)15-8-22-6-4-3-5-7-22)28-20-35(16-17-36(28)32(37)40)31(39)23-9-14-27(33)24(18-23)19-34/h3-7,9-14,18,21H,8,15-17,20H2,1-2H3. The van der Waals surface area contributed by atoms with Crippen molar-refractivity contribution in [1.82, 2.24) is 14.0 Å². The van der Waals surface area contributed by atoms with Crippen LogP contribution in [0.5, 0.6) is 5.75 Å². The van der Waals surface area contributed by atoms with Crippen LogP contribution in [0.3, 0.4) is 0 Å². The third-order valence-corrected chi connectivity index (χ3v) is 7.71. The number of nitriles is 1. The molecule has 1 aliphatic rings. The Labute approximate surface area is 246 Å². The molecule has 5 rings (SSSR count). The number of aryl methyl sites for hydroxylation is 1. The smallest absolute Gasteiger partial charge is 0.333 e. The van der Waals surface area contributed by atoms with Crippen LogP contribution in [0.4, 0.5) is 0 Å². The van der Waals surface area contributed by atoms with Gasteiger partial charge in [-0.2, -0.15) is 5.26 Å². The van der Waals surface area contributed by atoms with Crippen LogP contribution in [-0.2, 0) is 19.5 Å². The van der Waals surface area contributed by atoms with Gasteiger partial charge in [0.1, 0.15) is 17.5 Å². The predicted molar refractivity (Wildman–Crippen MR) is 158 cm³/mol. The lowest BCUT2D eigenvalue weighted by atomic mass is 10.0. The Bertz CT molecular complexity index is 1700. The zero-order valence-corrected chi connectivity index (χ0v) is 24.4. The molecule has 41 heavy (non-hydrogen) atoms. The number of carbonyl (C=O) groups excluding carboxylic acids is 2. The van der Waals surface area contributed by atoms with Crippen LogP contribution in [0.25, 0.3) is 5.69 Å². The number of Topliss-reactive ketones (excluding diaryl/α,β-unsaturated/α-hetero) is 1. The summed E-state index contributed by atoms with van der Waals surface area (Å²) in [7, 11) is 0. The van der Waals surface area contributed by atoms with Gasteiger partial charge in [-0.25, -0.2) is 4.79 Å². The van der Waals surface area contributed by atoms with E-state index in [1.165, 1.54) is 4.57 Å². The fraction of sp³-hybridized carbons (Fsp3) is 0.250. The summed E-state index contributed by atoms with van der Waals surface area (Å²) in [6.07, 6.45) is 0.734. The number of hydrogen-bond donors (Lipinski definition) is 0. The average Bonchev–Trinajstić information content (AvgIpc) is 3.28. The highest BCUT2D eigenvalue weighted by atomic mass is 79.9. The molecule has 0 bridgehead atoms. The Kier molecular flexibility index (Phi) is 8.22. The first-order valence-electron chi connectivity index (χ1n) is 13.4. The van der Waals surface area contributed by atoms with E-state index in [0.29, 0.717) is 45.7 Å². The van der Waals surface area contributed by atoms with Crippen LogP contribution in [0.2, 0.25) is 0 Å². The third-order valence-electron chi connectivity index (χ3n) is 7.01. The van der Waals surface area contributed by atoms with E-state index < -0.39 is 0 Å². The van der Waals surface area contributed by atoms with Crippen molar-refractivity contribution in [1.29, 1.82) is 5.26 Å². The molecular weight excluding hydrogens is 584 g/mol. The Hall–Kier alpha value is -4.42. The van der Waals surface area contributed by atoms with Crippen molar-refractivity contribution in [3.63, 3.8) is 0 Å². The number of fused-ring (bicyclic) bond motifs is 1. The molecule has 1 aromatic heterocycles. The molecule has 2 heterocycles. The van der Waals surface area contributed by atoms with Gasteiger partial charge in [-0.1, -0.05) is 30.3 Å². The van der Waals surface area contributed by atoms with Crippen molar-refractivity contribution < 1.29 is 14.3 Å². The third kappa shape index (κ3) is 5.88. The summed E-state index contributed by atoms with van der Waals surface area (Å²) in [5.41, 5.74) is 2.79. The molecule has 1 amide bonds. The van der Waals surface area contributed by atoms with Gasteiger partial charge in [0.2, 0.25) is 0 Å². The Morgan fingerprint density at radius 1 is 1.02 bits per heavy atom. The van der Waals surface area contributed by atoms with Crippen molar-refractivity contribution in [2.75, 3.05) is 6.54 Å². The number of ether oxygens (including phenoxy) is 1. The van der Waals surface area contributed by atoms with E-state index in [-0.39, 0.29) is 48.7 Å². The van der Waals surface area contributed by atoms with Crippen molar-refractivity contribution in [2.45, 2.75) is 45.9 Å². The van der Waals surface area contributed by atoms with E-state index in [9.17, 15) is 19.6 Å². The molecule has 0 saturated heterocycles. The number of carbonyl (C=O) groups is 2. The summed E-state index contributed by atoms with van der Waals surface area (Å²) in [6, 6.07) is 23.8. The quantitative estimate of drug-likeness (QED) is 0.244. The number of imidazole rings is 1. The molecule has 8 nitrogen and oxygen atoms in total. The molecule has 0 N–H and O–H groups in total. The lowest BCUT2D eigenvalue weighted by Gasteiger charge is -2.28. The first-order valence-corrected chi connectivity index (χ1v) is 14.2. The highest BCUT2D eigenvalue weighted by Crippen LogP contribution is 2.25. The van der Waals surface area contributed by atoms with E-state index in [4.69, 9.17) is 4.74 Å². The Balaban J connectivity index is 1.53. The van der Waals surface area contributed by atoms with Gasteiger partial charge in [0, 0.05) is 29.5 Å². The van der Waals surface area contributed by atoms with Crippen LogP contribution in [0.1, 0.15) is 57.9 Å². The van der Waals surface area contributed by atoms with Crippen LogP contribution in [-0.4, -0.2) is 38.4 Å². The minimum atomic E-state index is -0.317. The predicted octanol–water partition coefficient (Wildman–Crippen LogP) is 5.53. The van der Waals surface area contributed by atoms with E-state index in [1.807, 2.05) is 44.2 Å². The van der Waals surface area contributed by atoms with Gasteiger partial charge in [-0.3, -0.25) is 18.7 Å². The van der Waals surface area contributed by atoms with Gasteiger partial charge in [0.05, 0.1) is 29.6 Å². The van der Waals surface area contributed by atoms with Gasteiger partial charge in [0.15, 0.2) is 5.78 Å². The fourth-order valence-corrected chi connectivity index (χ4v) is 5.39. The molecule has 208 valence electrons. The number of hydrogen-bond acceptors (Lipinski definition) is 5. The van der Waals surface area contributed by atoms with Gasteiger partial charge in [-0.05, 0) is 84.2 Å². The first kappa shape index (κ1) is 28.1. The maximum Gasteiger partial charge on any atom is 0.333 e. The number of rotatable bonds is 8. The van der Waals surface area contributed by atoms with Crippen molar-refractivity contribution in [3.05, 3.63) is 116 Å². The maximum atomic E-state index is 13.8. The Morgan fingerprint density at radius 3 is 2.44 bits per heavy atom. The summed E-state index contributed by atoms with van der Waals surface area (Å²) in [5, 5.41) is 9.41. The molecule has 0 spiro atoms. The molecule has 4 aromatic rings. The maximum absolute atomic E-state index is 13.8. The molecule has 0 radical (unpaired) electrons. The number of aromatic nitrogens is 2. The van der Waals surface area contributed by atoms with Crippen LogP contribution >= 0.6 is 15.9 Å². The normalized spacial score (nSPS) is 12.6. The van der Waals surface area contributed by atoms with Gasteiger partial charge in [0.25, 0.3) is 5.91 Å². The van der Waals surface area contributed by atoms with E-state index in [2.05, 4.69) is 22.0 Å². The molecule has 1 aliphatic heterocycles. The second-order valence-electron chi connectivity index (χ2n) is 10.2. The largest absolute Gasteiger partial charge is 0.491 e. The van der Waals surface area contributed by atoms with Crippen molar-refractivity contribution in [3.8, 4) is 17.5 Å². The fourth-order valence-electron chi connectivity index (χ4n) is 5.05. The average molecular weight is 614 g/mol. The zero-order chi connectivity index (χ0) is 29.1. The lowest BCUT2D eigenvalue weighted by molar-refractivity contribution is 0.0707. The minimum Gasteiger partial charge on any atom is -0.491 e. The SMILES string of the molecule is CC(C)Oc1ccc(-n2c(C(=O)CCc3ccccc3)c3n(c2=O)CCN(C(=O)c2ccc(Br)c(C#N)c2)C3)cc1.